The van der Waals surface area contributed by atoms with E-state index < -0.39 is 0 Å². The van der Waals surface area contributed by atoms with Gasteiger partial charge in [0.2, 0.25) is 0 Å². The second kappa shape index (κ2) is 6.36. The SMILES string of the molecule is COC(=O)CCSc1cc(C#N)cc(Cl)n1. The summed E-state index contributed by atoms with van der Waals surface area (Å²) in [6, 6.07) is 5.11. The molecule has 1 heterocycles. The van der Waals surface area contributed by atoms with E-state index in [1.165, 1.54) is 24.9 Å². The monoisotopic (exact) mass is 256 g/mol. The Morgan fingerprint density at radius 1 is 1.69 bits per heavy atom. The van der Waals surface area contributed by atoms with Crippen molar-refractivity contribution in [1.29, 1.82) is 5.26 Å². The van der Waals surface area contributed by atoms with Crippen LogP contribution in [0.15, 0.2) is 17.2 Å². The maximum atomic E-state index is 10.9. The molecule has 84 valence electrons. The van der Waals surface area contributed by atoms with Crippen LogP contribution in [0.5, 0.6) is 0 Å². The highest BCUT2D eigenvalue weighted by Gasteiger charge is 2.04. The van der Waals surface area contributed by atoms with Crippen LogP contribution in [0.1, 0.15) is 12.0 Å². The molecule has 0 atom stereocenters. The number of pyridine rings is 1. The van der Waals surface area contributed by atoms with Crippen molar-refractivity contribution in [2.24, 2.45) is 0 Å². The lowest BCUT2D eigenvalue weighted by molar-refractivity contribution is -0.140. The molecule has 16 heavy (non-hydrogen) atoms. The minimum absolute atomic E-state index is 0.268. The van der Waals surface area contributed by atoms with Gasteiger partial charge in [-0.2, -0.15) is 5.26 Å². The highest BCUT2D eigenvalue weighted by atomic mass is 35.5. The fourth-order valence-electron chi connectivity index (χ4n) is 0.952. The molecule has 0 aliphatic heterocycles. The number of esters is 1. The Balaban J connectivity index is 2.57. The minimum atomic E-state index is -0.268. The smallest absolute Gasteiger partial charge is 0.306 e. The number of thioether (sulfide) groups is 1. The van der Waals surface area contributed by atoms with Gasteiger partial charge in [0.25, 0.3) is 0 Å². The Morgan fingerprint density at radius 3 is 3.06 bits per heavy atom. The van der Waals surface area contributed by atoms with Gasteiger partial charge in [0.05, 0.1) is 30.2 Å². The van der Waals surface area contributed by atoms with Crippen molar-refractivity contribution in [3.8, 4) is 6.07 Å². The molecule has 6 heteroatoms. The fourth-order valence-corrected chi connectivity index (χ4v) is 2.06. The number of halogens is 1. The Kier molecular flexibility index (Phi) is 5.09. The van der Waals surface area contributed by atoms with E-state index in [4.69, 9.17) is 16.9 Å². The average Bonchev–Trinajstić information content (AvgIpc) is 2.28. The van der Waals surface area contributed by atoms with Crippen LogP contribution in [0.3, 0.4) is 0 Å². The first-order valence-corrected chi connectivity index (χ1v) is 5.79. The van der Waals surface area contributed by atoms with E-state index in [-0.39, 0.29) is 11.1 Å². The lowest BCUT2D eigenvalue weighted by atomic mass is 10.3. The number of aromatic nitrogens is 1. The maximum absolute atomic E-state index is 10.9. The molecule has 4 nitrogen and oxygen atoms in total. The molecule has 0 saturated heterocycles. The molecule has 0 unspecified atom stereocenters. The number of hydrogen-bond donors (Lipinski definition) is 0. The zero-order chi connectivity index (χ0) is 12.0. The third-order valence-corrected chi connectivity index (χ3v) is 2.79. The number of hydrogen-bond acceptors (Lipinski definition) is 5. The zero-order valence-corrected chi connectivity index (χ0v) is 10.1. The van der Waals surface area contributed by atoms with Gasteiger partial charge in [0.15, 0.2) is 0 Å². The number of carbonyl (C=O) groups is 1. The number of nitrogens with zero attached hydrogens (tertiary/aromatic N) is 2. The normalized spacial score (nSPS) is 9.56. The van der Waals surface area contributed by atoms with Gasteiger partial charge in [-0.25, -0.2) is 4.98 Å². The number of ether oxygens (including phenoxy) is 1. The third kappa shape index (κ3) is 4.09. The molecule has 0 N–H and O–H groups in total. The summed E-state index contributed by atoms with van der Waals surface area (Å²) in [6.45, 7) is 0. The van der Waals surface area contributed by atoms with E-state index >= 15 is 0 Å². The Bertz CT molecular complexity index is 431. The van der Waals surface area contributed by atoms with Crippen LogP contribution >= 0.6 is 23.4 Å². The Hall–Kier alpha value is -1.25. The van der Waals surface area contributed by atoms with E-state index in [1.807, 2.05) is 6.07 Å². The van der Waals surface area contributed by atoms with Crippen LogP contribution in [0.25, 0.3) is 0 Å². The molecule has 1 rings (SSSR count). The van der Waals surface area contributed by atoms with E-state index in [1.54, 1.807) is 6.07 Å². The van der Waals surface area contributed by atoms with Crippen LogP contribution in [-0.4, -0.2) is 23.8 Å². The number of carbonyl (C=O) groups excluding carboxylic acids is 1. The number of nitriles is 1. The second-order valence-electron chi connectivity index (χ2n) is 2.80. The van der Waals surface area contributed by atoms with Crippen molar-refractivity contribution in [2.75, 3.05) is 12.9 Å². The lowest BCUT2D eigenvalue weighted by Gasteiger charge is -2.01. The highest BCUT2D eigenvalue weighted by Crippen LogP contribution is 2.20. The molecular formula is C10H9ClN2O2S. The van der Waals surface area contributed by atoms with Crippen LogP contribution < -0.4 is 0 Å². The summed E-state index contributed by atoms with van der Waals surface area (Å²) in [5, 5.41) is 9.63. The van der Waals surface area contributed by atoms with E-state index in [0.29, 0.717) is 22.8 Å². The number of methoxy groups -OCH3 is 1. The summed E-state index contributed by atoms with van der Waals surface area (Å²) >= 11 is 7.09. The zero-order valence-electron chi connectivity index (χ0n) is 8.57. The van der Waals surface area contributed by atoms with Gasteiger partial charge < -0.3 is 4.74 Å². The predicted octanol–water partition coefficient (Wildman–Crippen LogP) is 2.26. The first-order valence-electron chi connectivity index (χ1n) is 4.43. The fraction of sp³-hybridized carbons (Fsp3) is 0.300. The van der Waals surface area contributed by atoms with Crippen molar-refractivity contribution in [3.63, 3.8) is 0 Å². The van der Waals surface area contributed by atoms with E-state index in [9.17, 15) is 4.79 Å². The summed E-state index contributed by atoms with van der Waals surface area (Å²) in [5.74, 6) is 0.278. The molecule has 0 amide bonds. The van der Waals surface area contributed by atoms with E-state index in [0.717, 1.165) is 0 Å². The van der Waals surface area contributed by atoms with Crippen LogP contribution in [0, 0.1) is 11.3 Å². The predicted molar refractivity (Wildman–Crippen MR) is 61.3 cm³/mol. The average molecular weight is 257 g/mol. The van der Waals surface area contributed by atoms with Gasteiger partial charge in [-0.15, -0.1) is 11.8 Å². The molecule has 0 aliphatic rings. The van der Waals surface area contributed by atoms with Crippen LogP contribution in [0.4, 0.5) is 0 Å². The highest BCUT2D eigenvalue weighted by molar-refractivity contribution is 7.99. The largest absolute Gasteiger partial charge is 0.469 e. The third-order valence-electron chi connectivity index (χ3n) is 1.68. The molecule has 0 bridgehead atoms. The van der Waals surface area contributed by atoms with Gasteiger partial charge in [-0.05, 0) is 12.1 Å². The molecule has 0 spiro atoms. The van der Waals surface area contributed by atoms with Gasteiger partial charge in [0, 0.05) is 5.75 Å². The van der Waals surface area contributed by atoms with Crippen molar-refractivity contribution < 1.29 is 9.53 Å². The molecule has 0 radical (unpaired) electrons. The molecule has 0 saturated carbocycles. The maximum Gasteiger partial charge on any atom is 0.306 e. The lowest BCUT2D eigenvalue weighted by Crippen LogP contribution is -2.01. The topological polar surface area (TPSA) is 63.0 Å². The van der Waals surface area contributed by atoms with Gasteiger partial charge in [-0.3, -0.25) is 4.79 Å². The van der Waals surface area contributed by atoms with E-state index in [2.05, 4.69) is 9.72 Å². The number of rotatable bonds is 4. The van der Waals surface area contributed by atoms with Crippen LogP contribution in [0.2, 0.25) is 5.15 Å². The van der Waals surface area contributed by atoms with Gasteiger partial charge >= 0.3 is 5.97 Å². The minimum Gasteiger partial charge on any atom is -0.469 e. The first kappa shape index (κ1) is 12.8. The van der Waals surface area contributed by atoms with Crippen LogP contribution in [-0.2, 0) is 9.53 Å². The Morgan fingerprint density at radius 2 is 2.44 bits per heavy atom. The van der Waals surface area contributed by atoms with Crippen molar-refractivity contribution in [1.82, 2.24) is 4.98 Å². The molecular weight excluding hydrogens is 248 g/mol. The van der Waals surface area contributed by atoms with Crippen molar-refractivity contribution in [3.05, 3.63) is 22.8 Å². The molecule has 0 fully saturated rings. The van der Waals surface area contributed by atoms with Crippen molar-refractivity contribution in [2.45, 2.75) is 11.4 Å². The second-order valence-corrected chi connectivity index (χ2v) is 4.31. The van der Waals surface area contributed by atoms with Gasteiger partial charge in [0.1, 0.15) is 5.15 Å². The molecule has 1 aromatic heterocycles. The molecule has 0 aromatic carbocycles. The standard InChI is InChI=1S/C10H9ClN2O2S/c1-15-10(14)2-3-16-9-5-7(6-12)4-8(11)13-9/h4-5H,2-3H2,1H3. The van der Waals surface area contributed by atoms with Crippen molar-refractivity contribution >= 4 is 29.3 Å². The van der Waals surface area contributed by atoms with Gasteiger partial charge in [-0.1, -0.05) is 11.6 Å². The molecule has 1 aromatic rings. The quantitative estimate of drug-likeness (QED) is 0.470. The summed E-state index contributed by atoms with van der Waals surface area (Å²) in [7, 11) is 1.35. The Labute approximate surface area is 103 Å². The summed E-state index contributed by atoms with van der Waals surface area (Å²) in [6.07, 6.45) is 0.303. The molecule has 0 aliphatic carbocycles. The summed E-state index contributed by atoms with van der Waals surface area (Å²) in [4.78, 5) is 14.9. The first-order chi connectivity index (χ1) is 7.65. The summed E-state index contributed by atoms with van der Waals surface area (Å²) < 4.78 is 4.51. The summed E-state index contributed by atoms with van der Waals surface area (Å²) in [5.41, 5.74) is 0.459.